The number of hydrogen-bond acceptors (Lipinski definition) is 6. The fourth-order valence-corrected chi connectivity index (χ4v) is 4.43. The topological polar surface area (TPSA) is 71.5 Å². The van der Waals surface area contributed by atoms with Gasteiger partial charge in [0.25, 0.3) is 5.91 Å². The third-order valence-electron chi connectivity index (χ3n) is 6.30. The van der Waals surface area contributed by atoms with Crippen molar-refractivity contribution < 1.29 is 9.59 Å². The third kappa shape index (κ3) is 3.58. The van der Waals surface area contributed by atoms with E-state index in [9.17, 15) is 9.59 Å². The van der Waals surface area contributed by atoms with Gasteiger partial charge in [-0.25, -0.2) is 9.69 Å². The summed E-state index contributed by atoms with van der Waals surface area (Å²) in [6.07, 6.45) is 1.37. The summed E-state index contributed by atoms with van der Waals surface area (Å²) in [7, 11) is 3.31. The first kappa shape index (κ1) is 20.8. The Morgan fingerprint density at radius 1 is 1.13 bits per heavy atom. The van der Waals surface area contributed by atoms with Gasteiger partial charge in [-0.15, -0.1) is 0 Å². The number of aryl methyl sites for hydroxylation is 1. The Labute approximate surface area is 178 Å². The van der Waals surface area contributed by atoms with Crippen LogP contribution in [0.1, 0.15) is 32.8 Å². The largest absolute Gasteiger partial charge is 0.327 e. The summed E-state index contributed by atoms with van der Waals surface area (Å²) in [4.78, 5) is 30.5. The number of amides is 3. The average Bonchev–Trinajstić information content (AvgIpc) is 3.11. The van der Waals surface area contributed by atoms with Crippen LogP contribution in [-0.2, 0) is 11.2 Å². The summed E-state index contributed by atoms with van der Waals surface area (Å²) in [6, 6.07) is 9.75. The number of nitrogens with one attached hydrogen (secondary N) is 1. The molecule has 3 aliphatic heterocycles. The first-order valence-electron chi connectivity index (χ1n) is 10.6. The lowest BCUT2D eigenvalue weighted by Gasteiger charge is -2.43. The first-order valence-corrected chi connectivity index (χ1v) is 10.6. The summed E-state index contributed by atoms with van der Waals surface area (Å²) in [5, 5.41) is 10.6. The molecule has 2 saturated heterocycles. The number of carbonyl (C=O) groups excluding carboxylic acids is 2. The molecule has 0 spiro atoms. The second kappa shape index (κ2) is 7.67. The molecule has 3 atom stereocenters. The van der Waals surface area contributed by atoms with Crippen molar-refractivity contribution in [2.75, 3.05) is 27.2 Å². The highest BCUT2D eigenvalue weighted by Crippen LogP contribution is 2.32. The molecule has 2 fully saturated rings. The van der Waals surface area contributed by atoms with Crippen LogP contribution < -0.4 is 5.32 Å². The van der Waals surface area contributed by atoms with E-state index in [1.165, 1.54) is 10.5 Å². The van der Waals surface area contributed by atoms with Crippen molar-refractivity contribution in [1.82, 2.24) is 25.0 Å². The number of carbonyl (C=O) groups is 2. The Morgan fingerprint density at radius 2 is 1.83 bits per heavy atom. The second-order valence-electron chi connectivity index (χ2n) is 9.44. The van der Waals surface area contributed by atoms with Gasteiger partial charge >= 0.3 is 6.03 Å². The number of benzene rings is 1. The molecule has 0 aromatic heterocycles. The molecule has 0 bridgehead atoms. The van der Waals surface area contributed by atoms with Gasteiger partial charge in [0.1, 0.15) is 12.2 Å². The molecule has 1 N–H and O–H groups in total. The average molecular weight is 413 g/mol. The van der Waals surface area contributed by atoms with Gasteiger partial charge in [-0.2, -0.15) is 5.10 Å². The molecule has 30 heavy (non-hydrogen) atoms. The van der Waals surface area contributed by atoms with Gasteiger partial charge in [0.05, 0.1) is 5.71 Å². The Hall–Kier alpha value is -2.45. The Bertz CT molecular complexity index is 849. The van der Waals surface area contributed by atoms with Crippen molar-refractivity contribution in [2.24, 2.45) is 10.5 Å². The number of hydrazone groups is 1. The molecular formula is C22H32N6O2. The molecule has 0 aliphatic carbocycles. The normalized spacial score (nSPS) is 27.3. The van der Waals surface area contributed by atoms with E-state index in [-0.39, 0.29) is 29.8 Å². The lowest BCUT2D eigenvalue weighted by atomic mass is 9.89. The summed E-state index contributed by atoms with van der Waals surface area (Å²) in [5.74, 6) is -0.155. The minimum atomic E-state index is -0.410. The number of fused-ring (bicyclic) bond motifs is 3. The van der Waals surface area contributed by atoms with E-state index in [4.69, 9.17) is 5.10 Å². The van der Waals surface area contributed by atoms with Gasteiger partial charge in [0, 0.05) is 32.6 Å². The molecule has 0 saturated carbocycles. The van der Waals surface area contributed by atoms with E-state index in [2.05, 4.69) is 60.3 Å². The summed E-state index contributed by atoms with van der Waals surface area (Å²) in [6.45, 7) is 7.84. The molecule has 0 radical (unpaired) electrons. The van der Waals surface area contributed by atoms with E-state index in [1.54, 1.807) is 19.0 Å². The number of urea groups is 1. The molecule has 8 nitrogen and oxygen atoms in total. The third-order valence-corrected chi connectivity index (χ3v) is 6.30. The van der Waals surface area contributed by atoms with Gasteiger partial charge in [-0.05, 0) is 18.4 Å². The van der Waals surface area contributed by atoms with Crippen LogP contribution in [0.5, 0.6) is 0 Å². The molecule has 1 aromatic rings. The van der Waals surface area contributed by atoms with Crippen LogP contribution >= 0.6 is 0 Å². The summed E-state index contributed by atoms with van der Waals surface area (Å²) < 4.78 is 0. The molecule has 162 valence electrons. The standard InChI is InChI=1S/C22H32N6O2/c1-22(2,3)16-14-27-17-18(25(4)21(30)26(5)19(17)29)23-20(27)28(24-16)13-9-12-15-10-7-6-8-11-15/h6-8,10-11,17-18,20,23H,9,12-14H2,1-5H3. The molecule has 8 heteroatoms. The molecule has 3 aliphatic rings. The smallest absolute Gasteiger partial charge is 0.310 e. The van der Waals surface area contributed by atoms with Crippen molar-refractivity contribution in [2.45, 2.75) is 52.1 Å². The van der Waals surface area contributed by atoms with Crippen LogP contribution in [0.15, 0.2) is 35.4 Å². The van der Waals surface area contributed by atoms with Gasteiger partial charge in [0.15, 0.2) is 6.29 Å². The van der Waals surface area contributed by atoms with E-state index in [0.717, 1.165) is 25.1 Å². The van der Waals surface area contributed by atoms with Crippen molar-refractivity contribution in [3.8, 4) is 0 Å². The van der Waals surface area contributed by atoms with Crippen molar-refractivity contribution in [1.29, 1.82) is 0 Å². The molecule has 3 heterocycles. The first-order chi connectivity index (χ1) is 14.2. The summed E-state index contributed by atoms with van der Waals surface area (Å²) in [5.41, 5.74) is 2.25. The van der Waals surface area contributed by atoms with Crippen LogP contribution in [0.25, 0.3) is 0 Å². The molecule has 3 amide bonds. The number of imide groups is 1. The van der Waals surface area contributed by atoms with Crippen LogP contribution in [0.2, 0.25) is 0 Å². The highest BCUT2D eigenvalue weighted by Gasteiger charge is 2.56. The van der Waals surface area contributed by atoms with Crippen LogP contribution in [0.4, 0.5) is 4.79 Å². The highest BCUT2D eigenvalue weighted by atomic mass is 16.2. The Morgan fingerprint density at radius 3 is 2.50 bits per heavy atom. The fourth-order valence-electron chi connectivity index (χ4n) is 4.43. The van der Waals surface area contributed by atoms with E-state index in [0.29, 0.717) is 6.54 Å². The molecule has 4 rings (SSSR count). The maximum atomic E-state index is 13.0. The zero-order chi connectivity index (χ0) is 21.6. The fraction of sp³-hybridized carbons (Fsp3) is 0.591. The Balaban J connectivity index is 1.57. The predicted molar refractivity (Wildman–Crippen MR) is 115 cm³/mol. The van der Waals surface area contributed by atoms with Gasteiger partial charge < -0.3 is 4.90 Å². The number of rotatable bonds is 4. The molecule has 1 aromatic carbocycles. The van der Waals surface area contributed by atoms with Gasteiger partial charge in [-0.1, -0.05) is 51.1 Å². The van der Waals surface area contributed by atoms with E-state index in [1.807, 2.05) is 6.07 Å². The monoisotopic (exact) mass is 412 g/mol. The van der Waals surface area contributed by atoms with Crippen molar-refractivity contribution >= 4 is 17.6 Å². The number of likely N-dealkylation sites (N-methyl/N-ethyl adjacent to an activating group) is 2. The zero-order valence-corrected chi connectivity index (χ0v) is 18.5. The van der Waals surface area contributed by atoms with Gasteiger partial charge in [-0.3, -0.25) is 20.0 Å². The minimum Gasteiger partial charge on any atom is -0.310 e. The van der Waals surface area contributed by atoms with Gasteiger partial charge in [0.2, 0.25) is 0 Å². The van der Waals surface area contributed by atoms with Crippen molar-refractivity contribution in [3.05, 3.63) is 35.9 Å². The molecular weight excluding hydrogens is 380 g/mol. The van der Waals surface area contributed by atoms with Crippen LogP contribution in [0, 0.1) is 5.41 Å². The Kier molecular flexibility index (Phi) is 5.32. The van der Waals surface area contributed by atoms with Crippen LogP contribution in [0.3, 0.4) is 0 Å². The highest BCUT2D eigenvalue weighted by molar-refractivity contribution is 6.01. The predicted octanol–water partition coefficient (Wildman–Crippen LogP) is 1.74. The maximum absolute atomic E-state index is 13.0. The SMILES string of the molecule is CN1C(=O)C2C(NC3N(CCCc4ccccc4)N=C(C(C)(C)C)CN23)N(C)C1=O. The summed E-state index contributed by atoms with van der Waals surface area (Å²) >= 11 is 0. The lowest BCUT2D eigenvalue weighted by Crippen LogP contribution is -2.65. The second-order valence-corrected chi connectivity index (χ2v) is 9.44. The zero-order valence-electron chi connectivity index (χ0n) is 18.5. The van der Waals surface area contributed by atoms with Crippen molar-refractivity contribution in [3.63, 3.8) is 0 Å². The molecule has 3 unspecified atom stereocenters. The quantitative estimate of drug-likeness (QED) is 0.816. The number of hydrogen-bond donors (Lipinski definition) is 1. The van der Waals surface area contributed by atoms with E-state index >= 15 is 0 Å². The maximum Gasteiger partial charge on any atom is 0.327 e. The lowest BCUT2D eigenvalue weighted by molar-refractivity contribution is -0.137. The van der Waals surface area contributed by atoms with Crippen LogP contribution in [-0.4, -0.2) is 83.0 Å². The van der Waals surface area contributed by atoms with E-state index < -0.39 is 6.04 Å². The number of nitrogens with zero attached hydrogens (tertiary/aromatic N) is 5. The minimum absolute atomic E-state index is 0.105.